The average molecular weight is 347 g/mol. The van der Waals surface area contributed by atoms with Crippen molar-refractivity contribution >= 4 is 5.91 Å². The van der Waals surface area contributed by atoms with Gasteiger partial charge in [0.2, 0.25) is 5.91 Å². The first-order chi connectivity index (χ1) is 12.1. The lowest BCUT2D eigenvalue weighted by Gasteiger charge is -2.40. The summed E-state index contributed by atoms with van der Waals surface area (Å²) in [5.74, 6) is -0.254. The van der Waals surface area contributed by atoms with Gasteiger partial charge in [0, 0.05) is 38.3 Å². The molecule has 0 aromatic heterocycles. The summed E-state index contributed by atoms with van der Waals surface area (Å²) in [5.41, 5.74) is -0.0702. The zero-order valence-electron chi connectivity index (χ0n) is 15.3. The molecule has 0 unspecified atom stereocenters. The van der Waals surface area contributed by atoms with Crippen LogP contribution in [0.1, 0.15) is 37.7 Å². The lowest BCUT2D eigenvalue weighted by molar-refractivity contribution is -0.130. The van der Waals surface area contributed by atoms with Gasteiger partial charge < -0.3 is 15.1 Å². The van der Waals surface area contributed by atoms with E-state index in [4.69, 9.17) is 0 Å². The predicted octanol–water partition coefficient (Wildman–Crippen LogP) is 2.39. The standard InChI is InChI=1S/C20H30FN3O/c1-23-13-15-24(16-14-23)12-5-4-11-22-19(25)20(9-6-10-20)17-7-2-3-8-18(17)21/h2-3,7-8H,4-6,9-16H2,1H3,(H,22,25). The topological polar surface area (TPSA) is 35.6 Å². The van der Waals surface area contributed by atoms with Gasteiger partial charge in [0.1, 0.15) is 5.82 Å². The van der Waals surface area contributed by atoms with Gasteiger partial charge in [0.15, 0.2) is 0 Å². The van der Waals surface area contributed by atoms with Gasteiger partial charge in [-0.25, -0.2) is 4.39 Å². The lowest BCUT2D eigenvalue weighted by atomic mass is 9.63. The summed E-state index contributed by atoms with van der Waals surface area (Å²) in [7, 11) is 2.17. The minimum atomic E-state index is -0.636. The van der Waals surface area contributed by atoms with Crippen molar-refractivity contribution in [3.05, 3.63) is 35.6 Å². The highest BCUT2D eigenvalue weighted by molar-refractivity contribution is 5.89. The SMILES string of the molecule is CN1CCN(CCCCNC(=O)C2(c3ccccc3F)CCC2)CC1. The van der Waals surface area contributed by atoms with Gasteiger partial charge in [0.25, 0.3) is 0 Å². The van der Waals surface area contributed by atoms with Crippen molar-refractivity contribution in [2.45, 2.75) is 37.5 Å². The number of hydrogen-bond acceptors (Lipinski definition) is 3. The zero-order valence-corrected chi connectivity index (χ0v) is 15.3. The van der Waals surface area contributed by atoms with Crippen LogP contribution >= 0.6 is 0 Å². The molecule has 0 atom stereocenters. The van der Waals surface area contributed by atoms with Crippen molar-refractivity contribution in [3.8, 4) is 0 Å². The number of unbranched alkanes of at least 4 members (excludes halogenated alkanes) is 1. The van der Waals surface area contributed by atoms with E-state index in [2.05, 4.69) is 22.2 Å². The predicted molar refractivity (Wildman–Crippen MR) is 98.1 cm³/mol. The Morgan fingerprint density at radius 2 is 1.88 bits per heavy atom. The molecular formula is C20H30FN3O. The molecule has 4 nitrogen and oxygen atoms in total. The Hall–Kier alpha value is -1.46. The Morgan fingerprint density at radius 1 is 1.16 bits per heavy atom. The summed E-state index contributed by atoms with van der Waals surface area (Å²) in [5, 5.41) is 3.06. The minimum Gasteiger partial charge on any atom is -0.355 e. The molecule has 1 saturated heterocycles. The largest absolute Gasteiger partial charge is 0.355 e. The molecule has 0 bridgehead atoms. The Kier molecular flexibility index (Phi) is 6.07. The van der Waals surface area contributed by atoms with E-state index >= 15 is 0 Å². The highest BCUT2D eigenvalue weighted by Gasteiger charge is 2.46. The number of rotatable bonds is 7. The second kappa shape index (κ2) is 8.28. The molecule has 1 aliphatic heterocycles. The quantitative estimate of drug-likeness (QED) is 0.770. The molecule has 5 heteroatoms. The molecule has 1 aliphatic carbocycles. The third-order valence-corrected chi connectivity index (χ3v) is 5.81. The number of amides is 1. The summed E-state index contributed by atoms with van der Waals surface area (Å²) < 4.78 is 14.2. The van der Waals surface area contributed by atoms with Crippen molar-refractivity contribution in [3.63, 3.8) is 0 Å². The van der Waals surface area contributed by atoms with E-state index in [1.54, 1.807) is 12.1 Å². The summed E-state index contributed by atoms with van der Waals surface area (Å²) in [6.45, 7) is 6.34. The second-order valence-electron chi connectivity index (χ2n) is 7.52. The second-order valence-corrected chi connectivity index (χ2v) is 7.52. The molecule has 3 rings (SSSR count). The molecule has 2 aliphatic rings. The van der Waals surface area contributed by atoms with Crippen molar-refractivity contribution in [1.29, 1.82) is 0 Å². The molecule has 1 amide bonds. The van der Waals surface area contributed by atoms with E-state index in [1.807, 2.05) is 6.07 Å². The molecular weight excluding hydrogens is 317 g/mol. The molecule has 25 heavy (non-hydrogen) atoms. The fraction of sp³-hybridized carbons (Fsp3) is 0.650. The Morgan fingerprint density at radius 3 is 2.52 bits per heavy atom. The molecule has 1 N–H and O–H groups in total. The van der Waals surface area contributed by atoms with Crippen molar-refractivity contribution < 1.29 is 9.18 Å². The van der Waals surface area contributed by atoms with Crippen LogP contribution in [0.15, 0.2) is 24.3 Å². The maximum absolute atomic E-state index is 14.2. The monoisotopic (exact) mass is 347 g/mol. The first-order valence-corrected chi connectivity index (χ1v) is 9.56. The van der Waals surface area contributed by atoms with Crippen LogP contribution in [0, 0.1) is 5.82 Å². The van der Waals surface area contributed by atoms with Gasteiger partial charge in [-0.1, -0.05) is 24.6 Å². The molecule has 1 aromatic carbocycles. The number of benzene rings is 1. The number of carbonyl (C=O) groups is 1. The molecule has 138 valence electrons. The molecule has 0 radical (unpaired) electrons. The van der Waals surface area contributed by atoms with Crippen molar-refractivity contribution in [2.24, 2.45) is 0 Å². The van der Waals surface area contributed by atoms with Crippen LogP contribution < -0.4 is 5.32 Å². The van der Waals surface area contributed by atoms with E-state index < -0.39 is 5.41 Å². The van der Waals surface area contributed by atoms with Crippen molar-refractivity contribution in [2.75, 3.05) is 46.3 Å². The van der Waals surface area contributed by atoms with E-state index in [0.717, 1.165) is 64.8 Å². The van der Waals surface area contributed by atoms with Crippen LogP contribution in [0.3, 0.4) is 0 Å². The smallest absolute Gasteiger partial charge is 0.230 e. The van der Waals surface area contributed by atoms with Gasteiger partial charge in [-0.05, 0) is 45.3 Å². The summed E-state index contributed by atoms with van der Waals surface area (Å²) in [4.78, 5) is 17.6. The van der Waals surface area contributed by atoms with E-state index in [1.165, 1.54) is 6.07 Å². The number of piperazine rings is 1. The van der Waals surface area contributed by atoms with Gasteiger partial charge in [0.05, 0.1) is 5.41 Å². The molecule has 1 aromatic rings. The van der Waals surface area contributed by atoms with Gasteiger partial charge >= 0.3 is 0 Å². The number of nitrogens with one attached hydrogen (secondary N) is 1. The Bertz CT molecular complexity index is 580. The normalized spacial score (nSPS) is 20.9. The molecule has 1 heterocycles. The van der Waals surface area contributed by atoms with Gasteiger partial charge in [-0.3, -0.25) is 4.79 Å². The van der Waals surface area contributed by atoms with Crippen LogP contribution in [-0.4, -0.2) is 62.0 Å². The molecule has 0 spiro atoms. The Labute approximate surface area is 150 Å². The maximum atomic E-state index is 14.2. The zero-order chi connectivity index (χ0) is 17.7. The number of halogens is 1. The number of hydrogen-bond donors (Lipinski definition) is 1. The van der Waals surface area contributed by atoms with Crippen molar-refractivity contribution in [1.82, 2.24) is 15.1 Å². The third kappa shape index (κ3) is 4.21. The fourth-order valence-electron chi connectivity index (χ4n) is 3.90. The summed E-state index contributed by atoms with van der Waals surface area (Å²) in [6, 6.07) is 6.73. The van der Waals surface area contributed by atoms with Crippen LogP contribution in [0.4, 0.5) is 4.39 Å². The van der Waals surface area contributed by atoms with E-state index in [9.17, 15) is 9.18 Å². The average Bonchev–Trinajstić information content (AvgIpc) is 2.57. The number of likely N-dealkylation sites (N-methyl/N-ethyl adjacent to an activating group) is 1. The van der Waals surface area contributed by atoms with E-state index in [-0.39, 0.29) is 11.7 Å². The lowest BCUT2D eigenvalue weighted by Crippen LogP contribution is -2.50. The third-order valence-electron chi connectivity index (χ3n) is 5.81. The summed E-state index contributed by atoms with van der Waals surface area (Å²) in [6.07, 6.45) is 4.56. The minimum absolute atomic E-state index is 0.00319. The van der Waals surface area contributed by atoms with Gasteiger partial charge in [-0.15, -0.1) is 0 Å². The fourth-order valence-corrected chi connectivity index (χ4v) is 3.90. The number of carbonyl (C=O) groups excluding carboxylic acids is 1. The van der Waals surface area contributed by atoms with Crippen LogP contribution in [0.5, 0.6) is 0 Å². The van der Waals surface area contributed by atoms with E-state index in [0.29, 0.717) is 12.1 Å². The van der Waals surface area contributed by atoms with Crippen LogP contribution in [0.2, 0.25) is 0 Å². The number of nitrogens with zero attached hydrogens (tertiary/aromatic N) is 2. The highest BCUT2D eigenvalue weighted by atomic mass is 19.1. The Balaban J connectivity index is 1.42. The first-order valence-electron chi connectivity index (χ1n) is 9.56. The summed E-state index contributed by atoms with van der Waals surface area (Å²) >= 11 is 0. The first kappa shape index (κ1) is 18.3. The highest BCUT2D eigenvalue weighted by Crippen LogP contribution is 2.44. The van der Waals surface area contributed by atoms with Gasteiger partial charge in [-0.2, -0.15) is 0 Å². The van der Waals surface area contributed by atoms with Crippen LogP contribution in [0.25, 0.3) is 0 Å². The van der Waals surface area contributed by atoms with Crippen LogP contribution in [-0.2, 0) is 10.2 Å². The molecule has 2 fully saturated rings. The maximum Gasteiger partial charge on any atom is 0.230 e. The molecule has 1 saturated carbocycles.